The van der Waals surface area contributed by atoms with Gasteiger partial charge in [-0.3, -0.25) is 9.59 Å². The first-order chi connectivity index (χ1) is 13.1. The van der Waals surface area contributed by atoms with Crippen LogP contribution >= 0.6 is 11.6 Å². The molecule has 0 spiro atoms. The Morgan fingerprint density at radius 2 is 1.63 bits per heavy atom. The van der Waals surface area contributed by atoms with E-state index < -0.39 is 0 Å². The number of halogens is 1. The lowest BCUT2D eigenvalue weighted by Gasteiger charge is -2.32. The Kier molecular flexibility index (Phi) is 6.88. The Morgan fingerprint density at radius 1 is 0.963 bits per heavy atom. The van der Waals surface area contributed by atoms with Gasteiger partial charge < -0.3 is 10.2 Å². The molecule has 1 saturated heterocycles. The first kappa shape index (κ1) is 19.4. The van der Waals surface area contributed by atoms with Gasteiger partial charge in [0.1, 0.15) is 0 Å². The second kappa shape index (κ2) is 9.56. The monoisotopic (exact) mass is 384 g/mol. The quantitative estimate of drug-likeness (QED) is 0.828. The number of benzene rings is 2. The largest absolute Gasteiger partial charge is 0.347 e. The van der Waals surface area contributed by atoms with Crippen molar-refractivity contribution < 1.29 is 9.59 Å². The van der Waals surface area contributed by atoms with E-state index in [1.165, 1.54) is 5.56 Å². The van der Waals surface area contributed by atoms with Crippen LogP contribution in [-0.2, 0) is 22.4 Å². The number of likely N-dealkylation sites (tertiary alicyclic amines) is 1. The summed E-state index contributed by atoms with van der Waals surface area (Å²) in [6.07, 6.45) is 3.35. The molecule has 0 radical (unpaired) electrons. The highest BCUT2D eigenvalue weighted by atomic mass is 35.5. The molecule has 142 valence electrons. The van der Waals surface area contributed by atoms with Gasteiger partial charge in [-0.1, -0.05) is 54.1 Å². The number of carbonyl (C=O) groups excluding carboxylic acids is 2. The van der Waals surface area contributed by atoms with Gasteiger partial charge in [0, 0.05) is 18.1 Å². The van der Waals surface area contributed by atoms with Crippen molar-refractivity contribution in [2.24, 2.45) is 5.92 Å². The van der Waals surface area contributed by atoms with E-state index in [0.29, 0.717) is 10.9 Å². The number of carbonyl (C=O) groups is 2. The Hall–Kier alpha value is -2.33. The lowest BCUT2D eigenvalue weighted by molar-refractivity contribution is -0.133. The van der Waals surface area contributed by atoms with E-state index in [9.17, 15) is 9.59 Å². The minimum atomic E-state index is -0.148. The van der Waals surface area contributed by atoms with Crippen molar-refractivity contribution in [3.8, 4) is 0 Å². The van der Waals surface area contributed by atoms with Crippen molar-refractivity contribution >= 4 is 23.4 Å². The third-order valence-electron chi connectivity index (χ3n) is 5.05. The molecule has 2 aromatic carbocycles. The Bertz CT molecular complexity index is 754. The van der Waals surface area contributed by atoms with Crippen molar-refractivity contribution in [2.75, 3.05) is 19.6 Å². The summed E-state index contributed by atoms with van der Waals surface area (Å²) in [6, 6.07) is 17.7. The predicted molar refractivity (Wildman–Crippen MR) is 108 cm³/mol. The summed E-state index contributed by atoms with van der Waals surface area (Å²) in [5, 5.41) is 3.37. The Morgan fingerprint density at radius 3 is 2.30 bits per heavy atom. The number of amides is 2. The molecule has 27 heavy (non-hydrogen) atoms. The van der Waals surface area contributed by atoms with Crippen molar-refractivity contribution in [2.45, 2.75) is 25.7 Å². The first-order valence-corrected chi connectivity index (χ1v) is 9.81. The van der Waals surface area contributed by atoms with Crippen LogP contribution in [0.5, 0.6) is 0 Å². The van der Waals surface area contributed by atoms with Crippen LogP contribution in [0.15, 0.2) is 54.6 Å². The maximum absolute atomic E-state index is 12.4. The summed E-state index contributed by atoms with van der Waals surface area (Å²) in [5.74, 6) is 0.471. The van der Waals surface area contributed by atoms with E-state index in [-0.39, 0.29) is 24.8 Å². The second-order valence-corrected chi connectivity index (χ2v) is 7.53. The van der Waals surface area contributed by atoms with Gasteiger partial charge in [-0.05, 0) is 48.4 Å². The van der Waals surface area contributed by atoms with Gasteiger partial charge in [0.15, 0.2) is 0 Å². The molecule has 1 aliphatic heterocycles. The molecule has 0 saturated carbocycles. The molecule has 0 unspecified atom stereocenters. The number of nitrogens with zero attached hydrogens (tertiary/aromatic N) is 1. The smallest absolute Gasteiger partial charge is 0.241 e. The average Bonchev–Trinajstić information content (AvgIpc) is 2.69. The zero-order valence-corrected chi connectivity index (χ0v) is 16.1. The molecule has 2 amide bonds. The fourth-order valence-corrected chi connectivity index (χ4v) is 3.60. The van der Waals surface area contributed by atoms with Crippen LogP contribution in [0.3, 0.4) is 0 Å². The molecular weight excluding hydrogens is 360 g/mol. The third-order valence-corrected chi connectivity index (χ3v) is 5.30. The fourth-order valence-electron chi connectivity index (χ4n) is 3.47. The van der Waals surface area contributed by atoms with Crippen molar-refractivity contribution in [3.05, 3.63) is 70.7 Å². The van der Waals surface area contributed by atoms with Gasteiger partial charge >= 0.3 is 0 Å². The summed E-state index contributed by atoms with van der Waals surface area (Å²) in [6.45, 7) is 1.60. The molecule has 5 heteroatoms. The van der Waals surface area contributed by atoms with E-state index in [2.05, 4.69) is 29.6 Å². The highest BCUT2D eigenvalue weighted by molar-refractivity contribution is 6.30. The molecule has 2 aromatic rings. The normalized spacial score (nSPS) is 14.8. The second-order valence-electron chi connectivity index (χ2n) is 7.09. The zero-order chi connectivity index (χ0) is 19.1. The number of rotatable bonds is 6. The molecule has 0 aromatic heterocycles. The van der Waals surface area contributed by atoms with Gasteiger partial charge in [-0.2, -0.15) is 0 Å². The molecule has 1 aliphatic rings. The summed E-state index contributed by atoms with van der Waals surface area (Å²) < 4.78 is 0. The minimum Gasteiger partial charge on any atom is -0.347 e. The highest BCUT2D eigenvalue weighted by Gasteiger charge is 2.23. The van der Waals surface area contributed by atoms with E-state index in [4.69, 9.17) is 11.6 Å². The molecule has 0 aliphatic carbocycles. The SMILES string of the molecule is O=C(Cc1ccc(Cl)cc1)NCC(=O)N1CCC(Cc2ccccc2)CC1. The van der Waals surface area contributed by atoms with Crippen molar-refractivity contribution in [3.63, 3.8) is 0 Å². The van der Waals surface area contributed by atoms with E-state index >= 15 is 0 Å². The topological polar surface area (TPSA) is 49.4 Å². The number of piperidine rings is 1. The first-order valence-electron chi connectivity index (χ1n) is 9.43. The van der Waals surface area contributed by atoms with E-state index in [1.807, 2.05) is 23.1 Å². The number of hydrogen-bond donors (Lipinski definition) is 1. The molecule has 4 nitrogen and oxygen atoms in total. The van der Waals surface area contributed by atoms with Crippen LogP contribution in [0.4, 0.5) is 0 Å². The maximum Gasteiger partial charge on any atom is 0.241 e. The van der Waals surface area contributed by atoms with Crippen molar-refractivity contribution in [1.82, 2.24) is 10.2 Å². The van der Waals surface area contributed by atoms with Crippen LogP contribution in [0.1, 0.15) is 24.0 Å². The Balaban J connectivity index is 1.37. The average molecular weight is 385 g/mol. The molecule has 3 rings (SSSR count). The fraction of sp³-hybridized carbons (Fsp3) is 0.364. The summed E-state index contributed by atoms with van der Waals surface area (Å²) in [4.78, 5) is 26.2. The van der Waals surface area contributed by atoms with Gasteiger partial charge in [0.25, 0.3) is 0 Å². The summed E-state index contributed by atoms with van der Waals surface area (Å²) in [7, 11) is 0. The number of hydrogen-bond acceptors (Lipinski definition) is 2. The molecular formula is C22H25ClN2O2. The third kappa shape index (κ3) is 6.10. The lowest BCUT2D eigenvalue weighted by Crippen LogP contribution is -2.44. The molecule has 0 bridgehead atoms. The molecule has 1 N–H and O–H groups in total. The maximum atomic E-state index is 12.4. The van der Waals surface area contributed by atoms with Crippen LogP contribution in [0, 0.1) is 5.92 Å². The van der Waals surface area contributed by atoms with E-state index in [0.717, 1.165) is 37.9 Å². The van der Waals surface area contributed by atoms with Gasteiger partial charge in [-0.15, -0.1) is 0 Å². The van der Waals surface area contributed by atoms with Crippen molar-refractivity contribution in [1.29, 1.82) is 0 Å². The standard InChI is InChI=1S/C22H25ClN2O2/c23-20-8-6-18(7-9-20)15-21(26)24-16-22(27)25-12-10-19(11-13-25)14-17-4-2-1-3-5-17/h1-9,19H,10-16H2,(H,24,26). The highest BCUT2D eigenvalue weighted by Crippen LogP contribution is 2.21. The summed E-state index contributed by atoms with van der Waals surface area (Å²) in [5.41, 5.74) is 2.24. The molecule has 1 fully saturated rings. The van der Waals surface area contributed by atoms with Crippen LogP contribution in [0.25, 0.3) is 0 Å². The van der Waals surface area contributed by atoms with Crippen LogP contribution in [-0.4, -0.2) is 36.3 Å². The zero-order valence-electron chi connectivity index (χ0n) is 15.4. The van der Waals surface area contributed by atoms with E-state index in [1.54, 1.807) is 12.1 Å². The predicted octanol–water partition coefficient (Wildman–Crippen LogP) is 3.48. The molecule has 1 heterocycles. The number of nitrogens with one attached hydrogen (secondary N) is 1. The van der Waals surface area contributed by atoms with Crippen LogP contribution in [0.2, 0.25) is 5.02 Å². The lowest BCUT2D eigenvalue weighted by atomic mass is 9.90. The van der Waals surface area contributed by atoms with Crippen LogP contribution < -0.4 is 5.32 Å². The summed E-state index contributed by atoms with van der Waals surface area (Å²) >= 11 is 5.84. The Labute approximate surface area is 165 Å². The van der Waals surface area contributed by atoms with Gasteiger partial charge in [-0.25, -0.2) is 0 Å². The van der Waals surface area contributed by atoms with Gasteiger partial charge in [0.2, 0.25) is 11.8 Å². The molecule has 0 atom stereocenters. The van der Waals surface area contributed by atoms with Gasteiger partial charge in [0.05, 0.1) is 13.0 Å². The minimum absolute atomic E-state index is 0.00221.